The number of imidazole rings is 1. The highest BCUT2D eigenvalue weighted by Crippen LogP contribution is 2.15. The average molecular weight is 377 g/mol. The molecular formula is C20H31N3O4. The molecule has 0 fully saturated rings. The van der Waals surface area contributed by atoms with E-state index in [9.17, 15) is 4.79 Å². The molecule has 1 amide bonds. The molecule has 0 atom stereocenters. The lowest BCUT2D eigenvalue weighted by Gasteiger charge is -2.19. The van der Waals surface area contributed by atoms with Gasteiger partial charge in [0.25, 0.3) is 0 Å². The van der Waals surface area contributed by atoms with Gasteiger partial charge in [0.2, 0.25) is 6.33 Å². The predicted molar refractivity (Wildman–Crippen MR) is 102 cm³/mol. The first kappa shape index (κ1) is 22.5. The quantitative estimate of drug-likeness (QED) is 0.472. The molecule has 2 rings (SSSR count). The van der Waals surface area contributed by atoms with Crippen LogP contribution in [0.3, 0.4) is 0 Å². The first-order chi connectivity index (χ1) is 12.8. The molecule has 0 aliphatic heterocycles. The van der Waals surface area contributed by atoms with Crippen LogP contribution in [0, 0.1) is 0 Å². The Morgan fingerprint density at radius 2 is 2.00 bits per heavy atom. The van der Waals surface area contributed by atoms with E-state index in [1.807, 2.05) is 20.8 Å². The second-order valence-electron chi connectivity index (χ2n) is 7.14. The zero-order chi connectivity index (χ0) is 20.4. The van der Waals surface area contributed by atoms with Crippen LogP contribution < -0.4 is 15.0 Å². The van der Waals surface area contributed by atoms with Crippen LogP contribution in [0.25, 0.3) is 11.0 Å². The van der Waals surface area contributed by atoms with Gasteiger partial charge in [0, 0.05) is 13.0 Å². The van der Waals surface area contributed by atoms with E-state index in [4.69, 9.17) is 14.6 Å². The molecule has 0 unspecified atom stereocenters. The Morgan fingerprint density at radius 3 is 2.56 bits per heavy atom. The van der Waals surface area contributed by atoms with E-state index >= 15 is 0 Å². The molecule has 0 saturated carbocycles. The van der Waals surface area contributed by atoms with E-state index in [0.29, 0.717) is 6.54 Å². The number of fused-ring (bicyclic) bond motifs is 1. The second kappa shape index (κ2) is 10.5. The minimum Gasteiger partial charge on any atom is -0.554 e. The molecule has 0 bridgehead atoms. The highest BCUT2D eigenvalue weighted by Gasteiger charge is 2.16. The summed E-state index contributed by atoms with van der Waals surface area (Å²) in [7, 11) is 0. The summed E-state index contributed by atoms with van der Waals surface area (Å²) >= 11 is 0. The van der Waals surface area contributed by atoms with E-state index in [1.54, 1.807) is 0 Å². The first-order valence-corrected chi connectivity index (χ1v) is 9.29. The molecule has 0 aliphatic carbocycles. The number of amides is 1. The van der Waals surface area contributed by atoms with Gasteiger partial charge in [-0.05, 0) is 65.2 Å². The van der Waals surface area contributed by atoms with Crippen LogP contribution in [0.2, 0.25) is 0 Å². The van der Waals surface area contributed by atoms with E-state index in [1.165, 1.54) is 16.6 Å². The summed E-state index contributed by atoms with van der Waals surface area (Å²) in [6.45, 7) is 12.0. The summed E-state index contributed by atoms with van der Waals surface area (Å²) in [5.41, 5.74) is 3.39. The van der Waals surface area contributed by atoms with Crippen LogP contribution >= 0.6 is 0 Å². The number of aromatic nitrogens is 2. The maximum absolute atomic E-state index is 11.6. The smallest absolute Gasteiger partial charge is 0.407 e. The number of benzene rings is 1. The van der Waals surface area contributed by atoms with Crippen molar-refractivity contribution in [3.63, 3.8) is 0 Å². The van der Waals surface area contributed by atoms with E-state index in [0.717, 1.165) is 25.9 Å². The van der Waals surface area contributed by atoms with Crippen LogP contribution in [0.15, 0.2) is 24.5 Å². The van der Waals surface area contributed by atoms with Crippen molar-refractivity contribution in [3.05, 3.63) is 30.1 Å². The number of alkyl carbamates (subject to hydrolysis) is 1. The maximum atomic E-state index is 11.6. The third-order valence-electron chi connectivity index (χ3n) is 3.93. The topological polar surface area (TPSA) is 87.3 Å². The van der Waals surface area contributed by atoms with Crippen molar-refractivity contribution < 1.29 is 24.0 Å². The molecule has 2 aromatic rings. The Morgan fingerprint density at radius 1 is 1.33 bits per heavy atom. The van der Waals surface area contributed by atoms with Crippen LogP contribution in [0.1, 0.15) is 46.6 Å². The van der Waals surface area contributed by atoms with Gasteiger partial charge in [0.1, 0.15) is 5.60 Å². The van der Waals surface area contributed by atoms with Gasteiger partial charge in [-0.25, -0.2) is 13.9 Å². The molecule has 0 spiro atoms. The third-order valence-corrected chi connectivity index (χ3v) is 3.93. The molecule has 0 aliphatic rings. The number of nitrogens with zero attached hydrogens (tertiary/aromatic N) is 2. The lowest BCUT2D eigenvalue weighted by Crippen LogP contribution is -2.33. The summed E-state index contributed by atoms with van der Waals surface area (Å²) < 4.78 is 9.79. The molecule has 1 aromatic carbocycles. The number of hydrogen-bond donors (Lipinski definition) is 1. The van der Waals surface area contributed by atoms with E-state index in [-0.39, 0.29) is 6.09 Å². The SMILES string of the molecule is CCn1c[n+](CC)c2ccc(CCCNC(=O)OC(C)(C)C)cc21.O=C[O-]. The van der Waals surface area contributed by atoms with E-state index < -0.39 is 12.1 Å². The van der Waals surface area contributed by atoms with Crippen molar-refractivity contribution >= 4 is 23.6 Å². The molecule has 150 valence electrons. The van der Waals surface area contributed by atoms with Gasteiger partial charge in [-0.2, -0.15) is 0 Å². The summed E-state index contributed by atoms with van der Waals surface area (Å²) in [6, 6.07) is 6.64. The van der Waals surface area contributed by atoms with Crippen LogP contribution in [0.4, 0.5) is 4.79 Å². The van der Waals surface area contributed by atoms with Gasteiger partial charge in [0.05, 0.1) is 13.1 Å². The second-order valence-corrected chi connectivity index (χ2v) is 7.14. The fourth-order valence-electron chi connectivity index (χ4n) is 2.79. The molecule has 1 N–H and O–H groups in total. The van der Waals surface area contributed by atoms with Crippen LogP contribution in [-0.2, 0) is 29.0 Å². The largest absolute Gasteiger partial charge is 0.554 e. The molecule has 0 radical (unpaired) electrons. The standard InChI is InChI=1S/C19H29N3O2.CH2O2/c1-6-21-14-22(7-2)17-13-15(10-11-16(17)21)9-8-12-20-18(23)24-19(3,4)5;2-1-3/h10-11,13-14H,6-9,12H2,1-5H3;1H,(H,2,3). The fourth-order valence-corrected chi connectivity index (χ4v) is 2.79. The van der Waals surface area contributed by atoms with Crippen molar-refractivity contribution in [2.45, 2.75) is 66.2 Å². The van der Waals surface area contributed by atoms with Crippen molar-refractivity contribution in [2.24, 2.45) is 0 Å². The van der Waals surface area contributed by atoms with Crippen molar-refractivity contribution in [2.75, 3.05) is 6.54 Å². The monoisotopic (exact) mass is 377 g/mol. The zero-order valence-electron chi connectivity index (χ0n) is 16.9. The van der Waals surface area contributed by atoms with Gasteiger partial charge >= 0.3 is 6.09 Å². The number of ether oxygens (including phenoxy) is 1. The average Bonchev–Trinajstić information content (AvgIpc) is 2.95. The molecule has 7 heteroatoms. The van der Waals surface area contributed by atoms with Crippen molar-refractivity contribution in [3.8, 4) is 0 Å². The number of hydrogen-bond acceptors (Lipinski definition) is 4. The Labute approximate surface area is 160 Å². The minimum absolute atomic E-state index is 0.346. The maximum Gasteiger partial charge on any atom is 0.407 e. The molecule has 1 aromatic heterocycles. The number of nitrogens with one attached hydrogen (secondary N) is 1. The Kier molecular flexibility index (Phi) is 8.78. The van der Waals surface area contributed by atoms with Gasteiger partial charge in [-0.3, -0.25) is 0 Å². The molecule has 7 nitrogen and oxygen atoms in total. The molecule has 1 heterocycles. The van der Waals surface area contributed by atoms with Gasteiger partial charge in [0.15, 0.2) is 11.0 Å². The predicted octanol–water partition coefficient (Wildman–Crippen LogP) is 1.79. The lowest BCUT2D eigenvalue weighted by molar-refractivity contribution is -0.668. The zero-order valence-corrected chi connectivity index (χ0v) is 16.9. The summed E-state index contributed by atoms with van der Waals surface area (Å²) in [6.07, 6.45) is 3.66. The van der Waals surface area contributed by atoms with Gasteiger partial charge in [-0.1, -0.05) is 6.07 Å². The molecular weight excluding hydrogens is 346 g/mol. The van der Waals surface area contributed by atoms with Gasteiger partial charge in [-0.15, -0.1) is 0 Å². The number of carbonyl (C=O) groups is 2. The van der Waals surface area contributed by atoms with Crippen LogP contribution in [-0.4, -0.2) is 29.3 Å². The highest BCUT2D eigenvalue weighted by molar-refractivity contribution is 5.73. The Balaban J connectivity index is 0.00000114. The normalized spacial score (nSPS) is 10.9. The minimum atomic E-state index is -0.500. The van der Waals surface area contributed by atoms with E-state index in [2.05, 4.69) is 52.8 Å². The number of aryl methyl sites for hydroxylation is 3. The van der Waals surface area contributed by atoms with Crippen molar-refractivity contribution in [1.29, 1.82) is 0 Å². The summed E-state index contributed by atoms with van der Waals surface area (Å²) in [5, 5.41) is 11.1. The van der Waals surface area contributed by atoms with Crippen LogP contribution in [0.5, 0.6) is 0 Å². The summed E-state index contributed by atoms with van der Waals surface area (Å²) in [4.78, 5) is 19.9. The number of carboxylic acid groups (broad SMARTS) is 1. The first-order valence-electron chi connectivity index (χ1n) is 9.29. The molecule has 0 saturated heterocycles. The molecule has 27 heavy (non-hydrogen) atoms. The highest BCUT2D eigenvalue weighted by atomic mass is 16.6. The lowest BCUT2D eigenvalue weighted by atomic mass is 10.1. The fraction of sp³-hybridized carbons (Fsp3) is 0.550. The third kappa shape index (κ3) is 7.29. The number of carbonyl (C=O) groups excluding carboxylic acids is 2. The number of rotatable bonds is 6. The summed E-state index contributed by atoms with van der Waals surface area (Å²) in [5.74, 6) is 0. The Hall–Kier alpha value is -2.57. The Bertz CT molecular complexity index is 748. The van der Waals surface area contributed by atoms with Crippen molar-refractivity contribution in [1.82, 2.24) is 9.88 Å². The van der Waals surface area contributed by atoms with Gasteiger partial charge < -0.3 is 20.0 Å².